The van der Waals surface area contributed by atoms with E-state index >= 15 is 0 Å². The molecular formula is C19H17ClN2O3. The molecule has 128 valence electrons. The number of nitrogens with zero attached hydrogens (tertiary/aromatic N) is 1. The Morgan fingerprint density at radius 1 is 1.28 bits per heavy atom. The number of aromatic nitrogens is 1. The van der Waals surface area contributed by atoms with E-state index in [-0.39, 0.29) is 6.04 Å². The van der Waals surface area contributed by atoms with Gasteiger partial charge in [0.2, 0.25) is 0 Å². The number of rotatable bonds is 6. The molecule has 1 N–H and O–H groups in total. The van der Waals surface area contributed by atoms with Gasteiger partial charge in [-0.05, 0) is 35.9 Å². The van der Waals surface area contributed by atoms with Crippen molar-refractivity contribution in [2.75, 3.05) is 7.11 Å². The number of hydrogen-bond acceptors (Lipinski definition) is 5. The van der Waals surface area contributed by atoms with Gasteiger partial charge in [0.1, 0.15) is 11.3 Å². The van der Waals surface area contributed by atoms with Crippen molar-refractivity contribution in [3.05, 3.63) is 88.6 Å². The Hall–Kier alpha value is -2.63. The summed E-state index contributed by atoms with van der Waals surface area (Å²) in [6, 6.07) is 14.7. The van der Waals surface area contributed by atoms with Crippen molar-refractivity contribution in [2.24, 2.45) is 0 Å². The molecule has 0 aliphatic heterocycles. The molecular weight excluding hydrogens is 340 g/mol. The summed E-state index contributed by atoms with van der Waals surface area (Å²) in [5, 5.41) is 4.03. The summed E-state index contributed by atoms with van der Waals surface area (Å²) >= 11 is 6.13. The molecule has 0 bridgehead atoms. The zero-order valence-electron chi connectivity index (χ0n) is 13.6. The standard InChI is InChI=1S/C19H17ClN2O3/c1-24-19(23)15-8-10-25-17(15)12-22-18(16-7-2-3-9-21-16)13-5-4-6-14(20)11-13/h2-11,18,22H,12H2,1H3/t18-/m1/s1. The highest BCUT2D eigenvalue weighted by Gasteiger charge is 2.19. The number of halogens is 1. The number of nitrogens with one attached hydrogen (secondary N) is 1. The van der Waals surface area contributed by atoms with Crippen molar-refractivity contribution < 1.29 is 13.9 Å². The summed E-state index contributed by atoms with van der Waals surface area (Å²) in [5.74, 6) is 0.0810. The minimum atomic E-state index is -0.428. The predicted molar refractivity (Wildman–Crippen MR) is 94.4 cm³/mol. The first kappa shape index (κ1) is 17.2. The summed E-state index contributed by atoms with van der Waals surface area (Å²) in [5.41, 5.74) is 2.22. The van der Waals surface area contributed by atoms with Gasteiger partial charge < -0.3 is 9.15 Å². The molecule has 6 heteroatoms. The molecule has 0 aliphatic carbocycles. The number of hydrogen-bond donors (Lipinski definition) is 1. The molecule has 0 unspecified atom stereocenters. The highest BCUT2D eigenvalue weighted by molar-refractivity contribution is 6.30. The molecule has 2 aromatic heterocycles. The monoisotopic (exact) mass is 356 g/mol. The number of esters is 1. The maximum absolute atomic E-state index is 11.8. The van der Waals surface area contributed by atoms with Crippen LogP contribution in [0.15, 0.2) is 65.4 Å². The third kappa shape index (κ3) is 4.07. The first-order valence-corrected chi connectivity index (χ1v) is 8.11. The lowest BCUT2D eigenvalue weighted by molar-refractivity contribution is 0.0598. The zero-order chi connectivity index (χ0) is 17.6. The third-order valence-electron chi connectivity index (χ3n) is 3.78. The second-order valence-corrected chi connectivity index (χ2v) is 5.81. The van der Waals surface area contributed by atoms with E-state index in [1.165, 1.54) is 13.4 Å². The molecule has 1 aromatic carbocycles. The topological polar surface area (TPSA) is 64.4 Å². The van der Waals surface area contributed by atoms with E-state index in [9.17, 15) is 4.79 Å². The highest BCUT2D eigenvalue weighted by atomic mass is 35.5. The van der Waals surface area contributed by atoms with E-state index in [0.717, 1.165) is 11.3 Å². The second kappa shape index (κ2) is 7.96. The molecule has 1 atom stereocenters. The van der Waals surface area contributed by atoms with Gasteiger partial charge in [0, 0.05) is 11.2 Å². The van der Waals surface area contributed by atoms with Crippen LogP contribution in [0.4, 0.5) is 0 Å². The Balaban J connectivity index is 1.87. The van der Waals surface area contributed by atoms with Crippen LogP contribution in [0, 0.1) is 0 Å². The molecule has 5 nitrogen and oxygen atoms in total. The largest absolute Gasteiger partial charge is 0.467 e. The van der Waals surface area contributed by atoms with Crippen molar-refractivity contribution in [1.29, 1.82) is 0 Å². The smallest absolute Gasteiger partial charge is 0.341 e. The quantitative estimate of drug-likeness (QED) is 0.676. The van der Waals surface area contributed by atoms with Crippen molar-refractivity contribution in [1.82, 2.24) is 10.3 Å². The summed E-state index contributed by atoms with van der Waals surface area (Å²) in [7, 11) is 1.34. The lowest BCUT2D eigenvalue weighted by Gasteiger charge is -2.19. The highest BCUT2D eigenvalue weighted by Crippen LogP contribution is 2.24. The van der Waals surface area contributed by atoms with Gasteiger partial charge in [0.15, 0.2) is 0 Å². The van der Waals surface area contributed by atoms with Crippen molar-refractivity contribution >= 4 is 17.6 Å². The SMILES string of the molecule is COC(=O)c1ccoc1CN[C@H](c1cccc(Cl)c1)c1ccccn1. The van der Waals surface area contributed by atoms with Crippen LogP contribution in [-0.4, -0.2) is 18.1 Å². The van der Waals surface area contributed by atoms with Gasteiger partial charge in [-0.15, -0.1) is 0 Å². The average molecular weight is 357 g/mol. The van der Waals surface area contributed by atoms with E-state index in [2.05, 4.69) is 10.3 Å². The third-order valence-corrected chi connectivity index (χ3v) is 4.02. The van der Waals surface area contributed by atoms with E-state index < -0.39 is 5.97 Å². The minimum absolute atomic E-state index is 0.199. The van der Waals surface area contributed by atoms with Gasteiger partial charge in [-0.3, -0.25) is 10.3 Å². The van der Waals surface area contributed by atoms with Gasteiger partial charge in [-0.25, -0.2) is 4.79 Å². The maximum Gasteiger partial charge on any atom is 0.341 e. The lowest BCUT2D eigenvalue weighted by atomic mass is 10.0. The molecule has 0 saturated heterocycles. The number of furan rings is 1. The first-order valence-electron chi connectivity index (χ1n) is 7.73. The number of carbonyl (C=O) groups is 1. The van der Waals surface area contributed by atoms with Crippen LogP contribution in [0.1, 0.15) is 33.4 Å². The molecule has 0 radical (unpaired) electrons. The van der Waals surface area contributed by atoms with Gasteiger partial charge in [0.05, 0.1) is 31.7 Å². The maximum atomic E-state index is 11.8. The number of methoxy groups -OCH3 is 1. The fourth-order valence-corrected chi connectivity index (χ4v) is 2.79. The van der Waals surface area contributed by atoms with Crippen LogP contribution >= 0.6 is 11.6 Å². The molecule has 3 aromatic rings. The molecule has 0 spiro atoms. The fraction of sp³-hybridized carbons (Fsp3) is 0.158. The van der Waals surface area contributed by atoms with Gasteiger partial charge in [0.25, 0.3) is 0 Å². The zero-order valence-corrected chi connectivity index (χ0v) is 14.4. The summed E-state index contributed by atoms with van der Waals surface area (Å²) in [6.07, 6.45) is 3.21. The van der Waals surface area contributed by atoms with E-state index in [4.69, 9.17) is 20.8 Å². The fourth-order valence-electron chi connectivity index (χ4n) is 2.59. The summed E-state index contributed by atoms with van der Waals surface area (Å²) in [6.45, 7) is 0.338. The Bertz CT molecular complexity index is 849. The normalized spacial score (nSPS) is 11.9. The van der Waals surface area contributed by atoms with Crippen molar-refractivity contribution in [3.8, 4) is 0 Å². The van der Waals surface area contributed by atoms with Crippen LogP contribution < -0.4 is 5.32 Å². The van der Waals surface area contributed by atoms with Crippen LogP contribution in [0.2, 0.25) is 5.02 Å². The molecule has 0 aliphatic rings. The van der Waals surface area contributed by atoms with E-state index in [1.807, 2.05) is 42.5 Å². The van der Waals surface area contributed by atoms with E-state index in [0.29, 0.717) is 22.9 Å². The molecule has 0 saturated carbocycles. The molecule has 2 heterocycles. The van der Waals surface area contributed by atoms with Gasteiger partial charge >= 0.3 is 5.97 Å². The van der Waals surface area contributed by atoms with Crippen LogP contribution in [0.3, 0.4) is 0 Å². The molecule has 0 fully saturated rings. The Morgan fingerprint density at radius 2 is 2.16 bits per heavy atom. The Morgan fingerprint density at radius 3 is 2.88 bits per heavy atom. The molecule has 3 rings (SSSR count). The van der Waals surface area contributed by atoms with E-state index in [1.54, 1.807) is 12.3 Å². The lowest BCUT2D eigenvalue weighted by Crippen LogP contribution is -2.23. The number of ether oxygens (including phenoxy) is 1. The first-order chi connectivity index (χ1) is 12.2. The van der Waals surface area contributed by atoms with Gasteiger partial charge in [-0.1, -0.05) is 29.8 Å². The Kier molecular flexibility index (Phi) is 5.48. The number of carbonyl (C=O) groups excluding carboxylic acids is 1. The second-order valence-electron chi connectivity index (χ2n) is 5.37. The summed E-state index contributed by atoms with van der Waals surface area (Å²) < 4.78 is 10.2. The van der Waals surface area contributed by atoms with Crippen molar-refractivity contribution in [2.45, 2.75) is 12.6 Å². The van der Waals surface area contributed by atoms with Crippen LogP contribution in [0.25, 0.3) is 0 Å². The van der Waals surface area contributed by atoms with Crippen LogP contribution in [-0.2, 0) is 11.3 Å². The van der Waals surface area contributed by atoms with Crippen LogP contribution in [0.5, 0.6) is 0 Å². The number of benzene rings is 1. The molecule has 25 heavy (non-hydrogen) atoms. The number of pyridine rings is 1. The minimum Gasteiger partial charge on any atom is -0.467 e. The van der Waals surface area contributed by atoms with Gasteiger partial charge in [-0.2, -0.15) is 0 Å². The van der Waals surface area contributed by atoms with Crippen molar-refractivity contribution in [3.63, 3.8) is 0 Å². The average Bonchev–Trinajstić information content (AvgIpc) is 3.11. The Labute approximate surface area is 150 Å². The summed E-state index contributed by atoms with van der Waals surface area (Å²) in [4.78, 5) is 16.2. The predicted octanol–water partition coefficient (Wildman–Crippen LogP) is 3.99. The molecule has 0 amide bonds.